The third-order valence-electron chi connectivity index (χ3n) is 10.6. The van der Waals surface area contributed by atoms with E-state index in [9.17, 15) is 48.6 Å². The van der Waals surface area contributed by atoms with Gasteiger partial charge in [-0.1, -0.05) is 0 Å². The maximum atomic E-state index is 14.5. The number of aromatic nitrogens is 12. The van der Waals surface area contributed by atoms with Crippen LogP contribution in [0.5, 0.6) is 0 Å². The number of aliphatic hydroxyl groups excluding tert-OH is 1. The second-order valence-electron chi connectivity index (χ2n) is 16.0. The standard InChI is InChI=1S/C41H52N20O10/c42-27(1-21-7-43-15-50-21)35(64)57-29(3-23-9-45-17-52-23)37(66)59-31(5-25-11-47-19-54-25)39(68)61-32(6-26-12-48-20-55-26)40(69)60-30(4-24-10-46-18-53-24)38(67)58-28(2-22-8-44-16-51-22)36(65)49-13-34(63)56-33(14-62)41(70)71/h7-12,15-20,27-33,62H,1-6,13-14,42H2,(H,43,50)(H,44,51)(H,45,52)(H,46,53)(H,47,54)(H,48,55)(H,49,65)(H,56,63)(H,57,64)(H,58,67)(H,59,66)(H,60,69)(H,61,68)(H,70,71). The van der Waals surface area contributed by atoms with Crippen LogP contribution in [0.25, 0.3) is 0 Å². The number of hydrogen-bond donors (Lipinski definition) is 16. The van der Waals surface area contributed by atoms with Gasteiger partial charge in [0.2, 0.25) is 41.4 Å². The van der Waals surface area contributed by atoms with E-state index in [2.05, 4.69) is 97.0 Å². The van der Waals surface area contributed by atoms with E-state index < -0.39 is 103 Å². The number of carboxylic acids is 1. The van der Waals surface area contributed by atoms with Gasteiger partial charge in [0.1, 0.15) is 36.3 Å². The van der Waals surface area contributed by atoms with Crippen molar-refractivity contribution >= 4 is 47.3 Å². The van der Waals surface area contributed by atoms with E-state index in [0.29, 0.717) is 34.2 Å². The molecule has 6 aromatic rings. The molecule has 0 aliphatic carbocycles. The molecule has 7 atom stereocenters. The lowest BCUT2D eigenvalue weighted by atomic mass is 10.0. The van der Waals surface area contributed by atoms with Crippen molar-refractivity contribution in [2.75, 3.05) is 13.2 Å². The number of carbonyl (C=O) groups is 8. The molecule has 0 aliphatic rings. The van der Waals surface area contributed by atoms with E-state index in [-0.39, 0.29) is 38.5 Å². The molecule has 6 rings (SSSR count). The Morgan fingerprint density at radius 1 is 0.423 bits per heavy atom. The topological polar surface area (TPSA) is 459 Å². The van der Waals surface area contributed by atoms with Crippen molar-refractivity contribution in [3.63, 3.8) is 0 Å². The molecule has 0 aromatic carbocycles. The Morgan fingerprint density at radius 3 is 0.972 bits per heavy atom. The number of carboxylic acid groups (broad SMARTS) is 1. The van der Waals surface area contributed by atoms with E-state index in [4.69, 9.17) is 5.73 Å². The Morgan fingerprint density at radius 2 is 0.704 bits per heavy atom. The maximum Gasteiger partial charge on any atom is 0.328 e. The molecule has 17 N–H and O–H groups in total. The average molecular weight is 985 g/mol. The van der Waals surface area contributed by atoms with Crippen LogP contribution >= 0.6 is 0 Å². The molecule has 0 radical (unpaired) electrons. The van der Waals surface area contributed by atoms with Crippen LogP contribution in [0.2, 0.25) is 0 Å². The summed E-state index contributed by atoms with van der Waals surface area (Å²) in [6, 6.07) is -9.76. The number of hydrogen-bond acceptors (Lipinski definition) is 16. The summed E-state index contributed by atoms with van der Waals surface area (Å²) < 4.78 is 0. The van der Waals surface area contributed by atoms with Crippen molar-refractivity contribution < 1.29 is 48.6 Å². The number of nitrogens with one attached hydrogen (secondary N) is 13. The summed E-state index contributed by atoms with van der Waals surface area (Å²) in [5.74, 6) is -7.46. The van der Waals surface area contributed by atoms with Crippen LogP contribution in [0, 0.1) is 0 Å². The lowest BCUT2D eigenvalue weighted by Crippen LogP contribution is -2.61. The van der Waals surface area contributed by atoms with Crippen LogP contribution in [0.4, 0.5) is 0 Å². The number of H-pyrrole nitrogens is 6. The van der Waals surface area contributed by atoms with Gasteiger partial charge in [-0.05, 0) is 0 Å². The van der Waals surface area contributed by atoms with Gasteiger partial charge in [-0.2, -0.15) is 0 Å². The lowest BCUT2D eigenvalue weighted by molar-refractivity contribution is -0.142. The van der Waals surface area contributed by atoms with Crippen LogP contribution in [-0.2, 0) is 76.9 Å². The number of amides is 7. The zero-order valence-corrected chi connectivity index (χ0v) is 37.5. The third-order valence-corrected chi connectivity index (χ3v) is 10.6. The van der Waals surface area contributed by atoms with Crippen molar-refractivity contribution in [1.82, 2.24) is 97.0 Å². The molecule has 0 fully saturated rings. The summed E-state index contributed by atoms with van der Waals surface area (Å²) >= 11 is 0. The first kappa shape index (κ1) is 51.3. The number of nitrogens with two attached hydrogens (primary N) is 1. The minimum absolute atomic E-state index is 0.0745. The third kappa shape index (κ3) is 15.7. The minimum atomic E-state index is -1.64. The smallest absolute Gasteiger partial charge is 0.328 e. The van der Waals surface area contributed by atoms with Crippen LogP contribution in [0.3, 0.4) is 0 Å². The van der Waals surface area contributed by atoms with Gasteiger partial charge in [0.25, 0.3) is 0 Å². The zero-order chi connectivity index (χ0) is 50.7. The number of imidazole rings is 6. The minimum Gasteiger partial charge on any atom is -0.480 e. The summed E-state index contributed by atoms with van der Waals surface area (Å²) in [6.45, 7) is -1.64. The van der Waals surface area contributed by atoms with Crippen molar-refractivity contribution in [2.45, 2.75) is 80.8 Å². The number of aliphatic hydroxyl groups is 1. The van der Waals surface area contributed by atoms with Gasteiger partial charge >= 0.3 is 5.97 Å². The molecule has 0 saturated heterocycles. The molecular formula is C41H52N20O10. The van der Waals surface area contributed by atoms with Crippen LogP contribution in [0.1, 0.15) is 34.2 Å². The Balaban J connectivity index is 1.21. The summed E-state index contributed by atoms with van der Waals surface area (Å²) in [6.07, 6.45) is 16.0. The average Bonchev–Trinajstić information content (AvgIpc) is 4.21. The van der Waals surface area contributed by atoms with Crippen molar-refractivity contribution in [3.05, 3.63) is 109 Å². The zero-order valence-electron chi connectivity index (χ0n) is 37.5. The number of nitrogens with zero attached hydrogens (tertiary/aromatic N) is 6. The highest BCUT2D eigenvalue weighted by Gasteiger charge is 2.35. The van der Waals surface area contributed by atoms with Gasteiger partial charge in [0.15, 0.2) is 0 Å². The summed E-state index contributed by atoms with van der Waals surface area (Å²) in [5.41, 5.74) is 8.81. The molecule has 7 unspecified atom stereocenters. The monoisotopic (exact) mass is 984 g/mol. The number of rotatable bonds is 28. The fraction of sp³-hybridized carbons (Fsp3) is 0.366. The van der Waals surface area contributed by atoms with E-state index >= 15 is 0 Å². The highest BCUT2D eigenvalue weighted by molar-refractivity contribution is 5.97. The van der Waals surface area contributed by atoms with Crippen LogP contribution < -0.4 is 43.0 Å². The molecule has 30 heteroatoms. The Hall–Kier alpha value is -9.06. The van der Waals surface area contributed by atoms with E-state index in [1.54, 1.807) is 0 Å². The molecule has 0 spiro atoms. The fourth-order valence-electron chi connectivity index (χ4n) is 6.94. The summed E-state index contributed by atoms with van der Waals surface area (Å²) in [5, 5.41) is 36.2. The molecule has 30 nitrogen and oxygen atoms in total. The molecule has 71 heavy (non-hydrogen) atoms. The van der Waals surface area contributed by atoms with Gasteiger partial charge in [-0.15, -0.1) is 0 Å². The second-order valence-corrected chi connectivity index (χ2v) is 16.0. The Labute approximate surface area is 401 Å². The molecule has 0 bridgehead atoms. The number of aliphatic carboxylic acids is 1. The molecule has 0 saturated carbocycles. The normalized spacial score (nSPS) is 14.1. The summed E-state index contributed by atoms with van der Waals surface area (Å²) in [4.78, 5) is 149. The van der Waals surface area contributed by atoms with E-state index in [0.717, 1.165) is 0 Å². The SMILES string of the molecule is NC(Cc1cnc[nH]1)C(=O)NC(Cc1cnc[nH]1)C(=O)NC(Cc1cnc[nH]1)C(=O)NC(Cc1cnc[nH]1)C(=O)NC(Cc1cnc[nH]1)C(=O)NC(Cc1cnc[nH]1)C(=O)NCC(=O)NC(CO)C(=O)O. The predicted octanol–water partition coefficient (Wildman–Crippen LogP) is -5.79. The molecule has 6 heterocycles. The van der Waals surface area contributed by atoms with Gasteiger partial charge in [-0.3, -0.25) is 33.6 Å². The molecule has 0 aliphatic heterocycles. The maximum absolute atomic E-state index is 14.5. The molecule has 376 valence electrons. The van der Waals surface area contributed by atoms with Crippen molar-refractivity contribution in [2.24, 2.45) is 5.73 Å². The van der Waals surface area contributed by atoms with Crippen molar-refractivity contribution in [1.29, 1.82) is 0 Å². The van der Waals surface area contributed by atoms with Gasteiger partial charge in [-0.25, -0.2) is 34.7 Å². The second kappa shape index (κ2) is 25.3. The number of aromatic amines is 6. The van der Waals surface area contributed by atoms with Gasteiger partial charge < -0.3 is 83.1 Å². The largest absolute Gasteiger partial charge is 0.480 e. The Bertz CT molecular complexity index is 2620. The van der Waals surface area contributed by atoms with E-state index in [1.165, 1.54) is 75.1 Å². The lowest BCUT2D eigenvalue weighted by Gasteiger charge is -2.27. The van der Waals surface area contributed by atoms with Crippen LogP contribution in [-0.4, -0.2) is 173 Å². The van der Waals surface area contributed by atoms with Gasteiger partial charge in [0.05, 0.1) is 57.2 Å². The number of carbonyl (C=O) groups excluding carboxylic acids is 7. The fourth-order valence-corrected chi connectivity index (χ4v) is 6.94. The molecular weight excluding hydrogens is 933 g/mol. The highest BCUT2D eigenvalue weighted by Crippen LogP contribution is 2.09. The first-order chi connectivity index (χ1) is 34.2. The predicted molar refractivity (Wildman–Crippen MR) is 241 cm³/mol. The van der Waals surface area contributed by atoms with Gasteiger partial charge in [0, 0.05) is 110 Å². The molecule has 7 amide bonds. The van der Waals surface area contributed by atoms with Crippen molar-refractivity contribution in [3.8, 4) is 0 Å². The summed E-state index contributed by atoms with van der Waals surface area (Å²) in [7, 11) is 0. The van der Waals surface area contributed by atoms with Crippen LogP contribution in [0.15, 0.2) is 75.1 Å². The highest BCUT2D eigenvalue weighted by atomic mass is 16.4. The molecule has 6 aromatic heterocycles. The quantitative estimate of drug-likeness (QED) is 0.0218. The first-order valence-corrected chi connectivity index (χ1v) is 21.8. The first-order valence-electron chi connectivity index (χ1n) is 21.8. The Kier molecular flexibility index (Phi) is 18.3. The van der Waals surface area contributed by atoms with E-state index in [1.807, 2.05) is 0 Å².